The standard InChI is InChI=1S/C11H9ClN4S/c1-7(8-2-4-14-5-3-8)15-11-16-10(12)9(6-13)17-11/h2-5,7H,1H3,(H,15,16). The molecule has 0 radical (unpaired) electrons. The van der Waals surface area contributed by atoms with Crippen molar-refractivity contribution in [3.05, 3.63) is 40.1 Å². The van der Waals surface area contributed by atoms with Crippen LogP contribution >= 0.6 is 22.9 Å². The third kappa shape index (κ3) is 2.73. The molecule has 0 bridgehead atoms. The molecule has 0 saturated heterocycles. The van der Waals surface area contributed by atoms with Gasteiger partial charge in [-0.15, -0.1) is 0 Å². The van der Waals surface area contributed by atoms with Crippen molar-refractivity contribution in [1.29, 1.82) is 5.26 Å². The van der Waals surface area contributed by atoms with Gasteiger partial charge >= 0.3 is 0 Å². The number of aromatic nitrogens is 2. The van der Waals surface area contributed by atoms with Gasteiger partial charge in [-0.2, -0.15) is 5.26 Å². The van der Waals surface area contributed by atoms with Crippen LogP contribution in [0, 0.1) is 11.3 Å². The highest BCUT2D eigenvalue weighted by Gasteiger charge is 2.11. The Bertz CT molecular complexity index is 546. The molecule has 86 valence electrons. The second-order valence-corrected chi connectivity index (χ2v) is 4.75. The molecule has 0 spiro atoms. The fraction of sp³-hybridized carbons (Fsp3) is 0.182. The monoisotopic (exact) mass is 264 g/mol. The smallest absolute Gasteiger partial charge is 0.185 e. The van der Waals surface area contributed by atoms with Crippen molar-refractivity contribution in [2.75, 3.05) is 5.32 Å². The van der Waals surface area contributed by atoms with Crippen LogP contribution in [-0.4, -0.2) is 9.97 Å². The van der Waals surface area contributed by atoms with Crippen molar-refractivity contribution in [1.82, 2.24) is 9.97 Å². The number of anilines is 1. The van der Waals surface area contributed by atoms with E-state index in [2.05, 4.69) is 15.3 Å². The van der Waals surface area contributed by atoms with E-state index in [-0.39, 0.29) is 11.2 Å². The van der Waals surface area contributed by atoms with Crippen molar-refractivity contribution in [3.8, 4) is 6.07 Å². The lowest BCUT2D eigenvalue weighted by atomic mass is 10.1. The summed E-state index contributed by atoms with van der Waals surface area (Å²) in [7, 11) is 0. The van der Waals surface area contributed by atoms with Crippen molar-refractivity contribution in [3.63, 3.8) is 0 Å². The van der Waals surface area contributed by atoms with Crippen molar-refractivity contribution >= 4 is 28.1 Å². The fourth-order valence-corrected chi connectivity index (χ4v) is 2.39. The molecule has 1 atom stereocenters. The molecule has 1 unspecified atom stereocenters. The molecule has 2 aromatic rings. The second kappa shape index (κ2) is 5.13. The van der Waals surface area contributed by atoms with Crippen LogP contribution in [0.1, 0.15) is 23.4 Å². The Morgan fingerprint density at radius 3 is 2.76 bits per heavy atom. The van der Waals surface area contributed by atoms with Crippen molar-refractivity contribution < 1.29 is 0 Å². The Morgan fingerprint density at radius 1 is 1.47 bits per heavy atom. The van der Waals surface area contributed by atoms with Gasteiger partial charge in [-0.1, -0.05) is 22.9 Å². The number of hydrogen-bond donors (Lipinski definition) is 1. The number of rotatable bonds is 3. The SMILES string of the molecule is CC(Nc1nc(Cl)c(C#N)s1)c1ccncc1. The quantitative estimate of drug-likeness (QED) is 0.924. The minimum atomic E-state index is 0.0896. The lowest BCUT2D eigenvalue weighted by molar-refractivity contribution is 0.878. The molecule has 2 heterocycles. The zero-order chi connectivity index (χ0) is 12.3. The Kier molecular flexibility index (Phi) is 3.57. The summed E-state index contributed by atoms with van der Waals surface area (Å²) in [5.41, 5.74) is 1.10. The van der Waals surface area contributed by atoms with E-state index in [0.717, 1.165) is 5.56 Å². The molecule has 4 nitrogen and oxygen atoms in total. The third-order valence-electron chi connectivity index (χ3n) is 2.23. The number of hydrogen-bond acceptors (Lipinski definition) is 5. The van der Waals surface area contributed by atoms with Crippen molar-refractivity contribution in [2.24, 2.45) is 0 Å². The van der Waals surface area contributed by atoms with Gasteiger partial charge in [0.2, 0.25) is 0 Å². The number of thiazole rings is 1. The number of nitrogens with one attached hydrogen (secondary N) is 1. The van der Waals surface area contributed by atoms with Crippen LogP contribution in [0.5, 0.6) is 0 Å². The summed E-state index contributed by atoms with van der Waals surface area (Å²) in [5, 5.41) is 12.9. The topological polar surface area (TPSA) is 61.6 Å². The summed E-state index contributed by atoms with van der Waals surface area (Å²) in [4.78, 5) is 8.47. The molecular weight excluding hydrogens is 256 g/mol. The zero-order valence-electron chi connectivity index (χ0n) is 9.01. The average Bonchev–Trinajstić information content (AvgIpc) is 2.70. The number of halogens is 1. The highest BCUT2D eigenvalue weighted by atomic mass is 35.5. The van der Waals surface area contributed by atoms with E-state index in [1.54, 1.807) is 12.4 Å². The lowest BCUT2D eigenvalue weighted by Gasteiger charge is -2.12. The van der Waals surface area contributed by atoms with Gasteiger partial charge in [0, 0.05) is 12.4 Å². The van der Waals surface area contributed by atoms with Crippen LogP contribution in [0.25, 0.3) is 0 Å². The molecule has 2 aromatic heterocycles. The summed E-state index contributed by atoms with van der Waals surface area (Å²) in [5.74, 6) is 0. The predicted octanol–water partition coefficient (Wildman–Crippen LogP) is 3.24. The van der Waals surface area contributed by atoms with Gasteiger partial charge in [-0.3, -0.25) is 4.98 Å². The van der Waals surface area contributed by atoms with Crippen LogP contribution in [0.2, 0.25) is 5.15 Å². The minimum absolute atomic E-state index is 0.0896. The van der Waals surface area contributed by atoms with E-state index >= 15 is 0 Å². The van der Waals surface area contributed by atoms with Crippen LogP contribution in [0.4, 0.5) is 5.13 Å². The number of pyridine rings is 1. The first kappa shape index (κ1) is 11.8. The third-order valence-corrected chi connectivity index (χ3v) is 3.51. The summed E-state index contributed by atoms with van der Waals surface area (Å²) < 4.78 is 0. The molecule has 2 rings (SSSR count). The Morgan fingerprint density at radius 2 is 2.18 bits per heavy atom. The number of nitrogens with zero attached hydrogens (tertiary/aromatic N) is 3. The van der Waals surface area contributed by atoms with Gasteiger partial charge < -0.3 is 5.32 Å². The fourth-order valence-electron chi connectivity index (χ4n) is 1.35. The molecule has 6 heteroatoms. The van der Waals surface area contributed by atoms with Gasteiger partial charge in [0.15, 0.2) is 10.3 Å². The summed E-state index contributed by atoms with van der Waals surface area (Å²) in [6.45, 7) is 2.01. The number of nitriles is 1. The molecule has 0 saturated carbocycles. The maximum Gasteiger partial charge on any atom is 0.185 e. The Hall–Kier alpha value is -1.64. The lowest BCUT2D eigenvalue weighted by Crippen LogP contribution is -2.06. The van der Waals surface area contributed by atoms with Crippen LogP contribution in [-0.2, 0) is 0 Å². The van der Waals surface area contributed by atoms with E-state index in [9.17, 15) is 0 Å². The first-order valence-corrected chi connectivity index (χ1v) is 6.13. The van der Waals surface area contributed by atoms with Crippen LogP contribution in [0.3, 0.4) is 0 Å². The molecular formula is C11H9ClN4S. The Labute approximate surface area is 108 Å². The summed E-state index contributed by atoms with van der Waals surface area (Å²) in [6, 6.07) is 5.95. The molecule has 0 aliphatic rings. The van der Waals surface area contributed by atoms with E-state index in [4.69, 9.17) is 16.9 Å². The second-order valence-electron chi connectivity index (χ2n) is 3.40. The minimum Gasteiger partial charge on any atom is -0.355 e. The summed E-state index contributed by atoms with van der Waals surface area (Å²) >= 11 is 7.05. The van der Waals surface area contributed by atoms with Gasteiger partial charge in [-0.05, 0) is 24.6 Å². The molecule has 0 aliphatic heterocycles. The van der Waals surface area contributed by atoms with Crippen LogP contribution < -0.4 is 5.32 Å². The van der Waals surface area contributed by atoms with Crippen molar-refractivity contribution in [2.45, 2.75) is 13.0 Å². The van der Waals surface area contributed by atoms with Gasteiger partial charge in [-0.25, -0.2) is 4.98 Å². The molecule has 0 fully saturated rings. The molecule has 0 aliphatic carbocycles. The highest BCUT2D eigenvalue weighted by Crippen LogP contribution is 2.28. The van der Waals surface area contributed by atoms with Crippen LogP contribution in [0.15, 0.2) is 24.5 Å². The molecule has 1 N–H and O–H groups in total. The van der Waals surface area contributed by atoms with Gasteiger partial charge in [0.1, 0.15) is 10.9 Å². The van der Waals surface area contributed by atoms with E-state index in [1.165, 1.54) is 11.3 Å². The van der Waals surface area contributed by atoms with Gasteiger partial charge in [0.25, 0.3) is 0 Å². The maximum absolute atomic E-state index is 8.78. The van der Waals surface area contributed by atoms with E-state index in [0.29, 0.717) is 10.0 Å². The Balaban J connectivity index is 2.14. The molecule has 17 heavy (non-hydrogen) atoms. The normalized spacial score (nSPS) is 11.8. The zero-order valence-corrected chi connectivity index (χ0v) is 10.6. The molecule has 0 aromatic carbocycles. The first-order valence-electron chi connectivity index (χ1n) is 4.93. The highest BCUT2D eigenvalue weighted by molar-refractivity contribution is 7.16. The van der Waals surface area contributed by atoms with E-state index < -0.39 is 0 Å². The van der Waals surface area contributed by atoms with Gasteiger partial charge in [0.05, 0.1) is 6.04 Å². The molecule has 0 amide bonds. The first-order chi connectivity index (χ1) is 8.20. The maximum atomic E-state index is 8.78. The average molecular weight is 265 g/mol. The largest absolute Gasteiger partial charge is 0.355 e. The summed E-state index contributed by atoms with van der Waals surface area (Å²) in [6.07, 6.45) is 3.48. The predicted molar refractivity (Wildman–Crippen MR) is 68.1 cm³/mol. The van der Waals surface area contributed by atoms with E-state index in [1.807, 2.05) is 25.1 Å².